The van der Waals surface area contributed by atoms with E-state index < -0.39 is 5.92 Å². The van der Waals surface area contributed by atoms with Crippen LogP contribution in [0.3, 0.4) is 0 Å². The molecular formula is C19H23NO4. The zero-order chi connectivity index (χ0) is 17.1. The van der Waals surface area contributed by atoms with Crippen LogP contribution < -0.4 is 0 Å². The number of benzene rings is 1. The van der Waals surface area contributed by atoms with Gasteiger partial charge in [0.25, 0.3) is 11.8 Å². The van der Waals surface area contributed by atoms with Crippen LogP contribution in [0, 0.1) is 11.8 Å². The molecule has 0 saturated heterocycles. The lowest BCUT2D eigenvalue weighted by Crippen LogP contribution is -2.38. The van der Waals surface area contributed by atoms with E-state index in [1.807, 2.05) is 0 Å². The third kappa shape index (κ3) is 3.21. The van der Waals surface area contributed by atoms with Gasteiger partial charge in [0.1, 0.15) is 0 Å². The second-order valence-electron chi connectivity index (χ2n) is 6.73. The molecule has 1 unspecified atom stereocenters. The summed E-state index contributed by atoms with van der Waals surface area (Å²) in [6.45, 7) is 0.107. The molecule has 1 aromatic carbocycles. The van der Waals surface area contributed by atoms with E-state index >= 15 is 0 Å². The van der Waals surface area contributed by atoms with Crippen molar-refractivity contribution in [3.05, 3.63) is 35.4 Å². The zero-order valence-electron chi connectivity index (χ0n) is 14.0. The van der Waals surface area contributed by atoms with Gasteiger partial charge in [0.15, 0.2) is 0 Å². The molecule has 1 atom stereocenters. The van der Waals surface area contributed by atoms with Gasteiger partial charge in [-0.25, -0.2) is 0 Å². The fraction of sp³-hybridized carbons (Fsp3) is 0.526. The number of carbonyl (C=O) groups is 3. The first kappa shape index (κ1) is 16.7. The molecule has 0 bridgehead atoms. The van der Waals surface area contributed by atoms with Crippen molar-refractivity contribution in [3.8, 4) is 0 Å². The van der Waals surface area contributed by atoms with Gasteiger partial charge in [-0.05, 0) is 24.5 Å². The first-order chi connectivity index (χ1) is 11.6. The lowest BCUT2D eigenvalue weighted by molar-refractivity contribution is -0.146. The third-order valence-corrected chi connectivity index (χ3v) is 5.16. The van der Waals surface area contributed by atoms with E-state index in [9.17, 15) is 14.4 Å². The standard InChI is InChI=1S/C19H23NO4/c1-24-19(23)14(11-13-7-3-2-4-8-13)12-20-17(21)15-9-5-6-10-16(15)18(20)22/h5-6,9-10,13-14H,2-4,7-8,11-12H2,1H3. The van der Waals surface area contributed by atoms with E-state index in [0.29, 0.717) is 23.5 Å². The van der Waals surface area contributed by atoms with E-state index in [4.69, 9.17) is 4.74 Å². The molecule has 2 amide bonds. The number of ether oxygens (including phenoxy) is 1. The molecule has 128 valence electrons. The van der Waals surface area contributed by atoms with E-state index in [1.54, 1.807) is 24.3 Å². The minimum Gasteiger partial charge on any atom is -0.469 e. The van der Waals surface area contributed by atoms with Crippen molar-refractivity contribution >= 4 is 17.8 Å². The van der Waals surface area contributed by atoms with Gasteiger partial charge >= 0.3 is 5.97 Å². The van der Waals surface area contributed by atoms with Crippen molar-refractivity contribution in [2.75, 3.05) is 13.7 Å². The van der Waals surface area contributed by atoms with Crippen LogP contribution in [0.1, 0.15) is 59.2 Å². The molecule has 24 heavy (non-hydrogen) atoms. The number of rotatable bonds is 5. The number of hydrogen-bond donors (Lipinski definition) is 0. The average molecular weight is 329 g/mol. The molecule has 5 nitrogen and oxygen atoms in total. The molecular weight excluding hydrogens is 306 g/mol. The van der Waals surface area contributed by atoms with Crippen LogP contribution in [-0.4, -0.2) is 36.3 Å². The highest BCUT2D eigenvalue weighted by molar-refractivity contribution is 6.21. The summed E-state index contributed by atoms with van der Waals surface area (Å²) in [5, 5.41) is 0. The predicted octanol–water partition coefficient (Wildman–Crippen LogP) is 3.04. The smallest absolute Gasteiger partial charge is 0.310 e. The lowest BCUT2D eigenvalue weighted by atomic mass is 9.82. The van der Waals surface area contributed by atoms with Gasteiger partial charge in [-0.2, -0.15) is 0 Å². The number of amides is 2. The number of nitrogens with zero attached hydrogens (tertiary/aromatic N) is 1. The number of methoxy groups -OCH3 is 1. The highest BCUT2D eigenvalue weighted by atomic mass is 16.5. The fourth-order valence-electron chi connectivity index (χ4n) is 3.86. The van der Waals surface area contributed by atoms with Gasteiger partial charge in [0.05, 0.1) is 24.2 Å². The van der Waals surface area contributed by atoms with Gasteiger partial charge in [-0.3, -0.25) is 19.3 Å². The minimum atomic E-state index is -0.444. The van der Waals surface area contributed by atoms with Crippen molar-refractivity contribution < 1.29 is 19.1 Å². The van der Waals surface area contributed by atoms with Crippen molar-refractivity contribution in [1.82, 2.24) is 4.90 Å². The first-order valence-corrected chi connectivity index (χ1v) is 8.65. The fourth-order valence-corrected chi connectivity index (χ4v) is 3.86. The molecule has 1 saturated carbocycles. The second-order valence-corrected chi connectivity index (χ2v) is 6.73. The normalized spacial score (nSPS) is 19.3. The minimum absolute atomic E-state index is 0.107. The Hall–Kier alpha value is -2.17. The molecule has 5 heteroatoms. The Balaban J connectivity index is 1.74. The second kappa shape index (κ2) is 7.16. The maximum atomic E-state index is 12.5. The van der Waals surface area contributed by atoms with E-state index in [-0.39, 0.29) is 24.3 Å². The molecule has 0 radical (unpaired) electrons. The Morgan fingerprint density at radius 1 is 1.12 bits per heavy atom. The van der Waals surface area contributed by atoms with Gasteiger partial charge in [0.2, 0.25) is 0 Å². The highest BCUT2D eigenvalue weighted by Gasteiger charge is 2.38. The Bertz CT molecular complexity index is 614. The maximum absolute atomic E-state index is 12.5. The van der Waals surface area contributed by atoms with Crippen LogP contribution in [-0.2, 0) is 9.53 Å². The molecule has 1 aliphatic heterocycles. The Morgan fingerprint density at radius 3 is 2.25 bits per heavy atom. The summed E-state index contributed by atoms with van der Waals surface area (Å²) in [6.07, 6.45) is 6.51. The molecule has 0 spiro atoms. The Morgan fingerprint density at radius 2 is 1.71 bits per heavy atom. The van der Waals surface area contributed by atoms with E-state index in [2.05, 4.69) is 0 Å². The summed E-state index contributed by atoms with van der Waals surface area (Å²) >= 11 is 0. The summed E-state index contributed by atoms with van der Waals surface area (Å²) < 4.78 is 4.92. The average Bonchev–Trinajstić information content (AvgIpc) is 2.86. The number of hydrogen-bond acceptors (Lipinski definition) is 4. The summed E-state index contributed by atoms with van der Waals surface area (Å²) in [5.41, 5.74) is 0.840. The number of imide groups is 1. The van der Waals surface area contributed by atoms with Crippen molar-refractivity contribution in [1.29, 1.82) is 0 Å². The van der Waals surface area contributed by atoms with Crippen molar-refractivity contribution in [2.24, 2.45) is 11.8 Å². The van der Waals surface area contributed by atoms with Crippen LogP contribution in [0.5, 0.6) is 0 Å². The summed E-state index contributed by atoms with van der Waals surface area (Å²) in [6, 6.07) is 6.80. The number of esters is 1. The van der Waals surface area contributed by atoms with Gasteiger partial charge in [-0.15, -0.1) is 0 Å². The topological polar surface area (TPSA) is 63.7 Å². The maximum Gasteiger partial charge on any atom is 0.310 e. The number of carbonyl (C=O) groups excluding carboxylic acids is 3. The van der Waals surface area contributed by atoms with E-state index in [1.165, 1.54) is 31.3 Å². The van der Waals surface area contributed by atoms with Gasteiger partial charge < -0.3 is 4.74 Å². The molecule has 1 fully saturated rings. The Kier molecular flexibility index (Phi) is 4.97. The zero-order valence-corrected chi connectivity index (χ0v) is 14.0. The van der Waals surface area contributed by atoms with Crippen LogP contribution in [0.15, 0.2) is 24.3 Å². The molecule has 1 heterocycles. The predicted molar refractivity (Wildman–Crippen MR) is 88.5 cm³/mol. The SMILES string of the molecule is COC(=O)C(CC1CCCCC1)CN1C(=O)c2ccccc2C1=O. The highest BCUT2D eigenvalue weighted by Crippen LogP contribution is 2.31. The van der Waals surface area contributed by atoms with E-state index in [0.717, 1.165) is 12.8 Å². The molecule has 1 aliphatic carbocycles. The van der Waals surface area contributed by atoms with Crippen LogP contribution in [0.4, 0.5) is 0 Å². The van der Waals surface area contributed by atoms with Crippen molar-refractivity contribution in [3.63, 3.8) is 0 Å². The Labute approximate surface area is 142 Å². The number of fused-ring (bicyclic) bond motifs is 1. The van der Waals surface area contributed by atoms with Gasteiger partial charge in [-0.1, -0.05) is 44.2 Å². The first-order valence-electron chi connectivity index (χ1n) is 8.65. The molecule has 2 aliphatic rings. The lowest BCUT2D eigenvalue weighted by Gasteiger charge is -2.27. The quantitative estimate of drug-likeness (QED) is 0.615. The summed E-state index contributed by atoms with van der Waals surface area (Å²) in [4.78, 5) is 38.4. The van der Waals surface area contributed by atoms with Crippen LogP contribution in [0.25, 0.3) is 0 Å². The summed E-state index contributed by atoms with van der Waals surface area (Å²) in [7, 11) is 1.36. The third-order valence-electron chi connectivity index (χ3n) is 5.16. The largest absolute Gasteiger partial charge is 0.469 e. The molecule has 0 aromatic heterocycles. The van der Waals surface area contributed by atoms with Crippen LogP contribution >= 0.6 is 0 Å². The molecule has 1 aromatic rings. The molecule has 3 rings (SSSR count). The van der Waals surface area contributed by atoms with Crippen LogP contribution in [0.2, 0.25) is 0 Å². The monoisotopic (exact) mass is 329 g/mol. The summed E-state index contributed by atoms with van der Waals surface area (Å²) in [5.74, 6) is -0.934. The van der Waals surface area contributed by atoms with Gasteiger partial charge in [0, 0.05) is 6.54 Å². The van der Waals surface area contributed by atoms with Crippen molar-refractivity contribution in [2.45, 2.75) is 38.5 Å². The molecule has 0 N–H and O–H groups in total.